The minimum atomic E-state index is 0.681. The third kappa shape index (κ3) is 2.83. The van der Waals surface area contributed by atoms with E-state index in [4.69, 9.17) is 12.2 Å². The standard InChI is InChI=1S/C14H9BrN2S2/c15-10-5-3-4-9(8-10)13(18)17-14-16-11-6-1-2-7-12(11)19-14/h1-8H,(H,16,17,18). The first-order chi connectivity index (χ1) is 9.22. The topological polar surface area (TPSA) is 24.9 Å². The number of anilines is 1. The van der Waals surface area contributed by atoms with Gasteiger partial charge in [-0.05, 0) is 24.3 Å². The molecule has 0 atom stereocenters. The number of para-hydroxylation sites is 1. The average molecular weight is 349 g/mol. The predicted molar refractivity (Wildman–Crippen MR) is 89.1 cm³/mol. The SMILES string of the molecule is S=C(Nc1nc2ccccc2s1)c1cccc(Br)c1. The van der Waals surface area contributed by atoms with E-state index in [-0.39, 0.29) is 0 Å². The Morgan fingerprint density at radius 1 is 1.16 bits per heavy atom. The second kappa shape index (κ2) is 5.36. The van der Waals surface area contributed by atoms with Crippen molar-refractivity contribution in [3.8, 4) is 0 Å². The fraction of sp³-hybridized carbons (Fsp3) is 0. The highest BCUT2D eigenvalue weighted by Gasteiger charge is 2.06. The number of aromatic nitrogens is 1. The van der Waals surface area contributed by atoms with Gasteiger partial charge in [0, 0.05) is 10.0 Å². The summed E-state index contributed by atoms with van der Waals surface area (Å²) in [5.41, 5.74) is 1.97. The van der Waals surface area contributed by atoms with Gasteiger partial charge in [0.05, 0.1) is 10.2 Å². The van der Waals surface area contributed by atoms with E-state index in [1.165, 1.54) is 0 Å². The number of benzene rings is 2. The molecule has 0 aliphatic heterocycles. The molecular weight excluding hydrogens is 340 g/mol. The molecule has 0 amide bonds. The normalized spacial score (nSPS) is 10.6. The molecule has 3 aromatic rings. The number of hydrogen-bond acceptors (Lipinski definition) is 3. The summed E-state index contributed by atoms with van der Waals surface area (Å²) in [7, 11) is 0. The van der Waals surface area contributed by atoms with Crippen LogP contribution in [0.3, 0.4) is 0 Å². The maximum absolute atomic E-state index is 5.40. The summed E-state index contributed by atoms with van der Waals surface area (Å²) in [6, 6.07) is 16.0. The molecule has 94 valence electrons. The summed E-state index contributed by atoms with van der Waals surface area (Å²) >= 11 is 10.4. The zero-order chi connectivity index (χ0) is 13.2. The first kappa shape index (κ1) is 12.7. The number of thiocarbonyl (C=S) groups is 1. The lowest BCUT2D eigenvalue weighted by atomic mass is 10.2. The molecule has 0 saturated heterocycles. The molecule has 0 bridgehead atoms. The number of hydrogen-bond donors (Lipinski definition) is 1. The molecule has 5 heteroatoms. The number of fused-ring (bicyclic) bond motifs is 1. The molecule has 3 rings (SSSR count). The highest BCUT2D eigenvalue weighted by atomic mass is 79.9. The van der Waals surface area contributed by atoms with E-state index < -0.39 is 0 Å². The van der Waals surface area contributed by atoms with Gasteiger partial charge >= 0.3 is 0 Å². The molecule has 0 unspecified atom stereocenters. The summed E-state index contributed by atoms with van der Waals surface area (Å²) in [6.07, 6.45) is 0. The summed E-state index contributed by atoms with van der Waals surface area (Å²) in [5.74, 6) is 0. The first-order valence-corrected chi connectivity index (χ1v) is 7.67. The van der Waals surface area contributed by atoms with Crippen LogP contribution in [0.2, 0.25) is 0 Å². The summed E-state index contributed by atoms with van der Waals surface area (Å²) < 4.78 is 2.17. The highest BCUT2D eigenvalue weighted by Crippen LogP contribution is 2.26. The van der Waals surface area contributed by atoms with Crippen molar-refractivity contribution in [3.63, 3.8) is 0 Å². The highest BCUT2D eigenvalue weighted by molar-refractivity contribution is 9.10. The van der Waals surface area contributed by atoms with Crippen LogP contribution in [0.15, 0.2) is 53.0 Å². The van der Waals surface area contributed by atoms with Crippen LogP contribution in [0.4, 0.5) is 5.13 Å². The Labute approximate surface area is 128 Å². The van der Waals surface area contributed by atoms with Gasteiger partial charge in [-0.3, -0.25) is 0 Å². The van der Waals surface area contributed by atoms with Crippen molar-refractivity contribution in [1.82, 2.24) is 4.98 Å². The lowest BCUT2D eigenvalue weighted by molar-refractivity contribution is 1.47. The van der Waals surface area contributed by atoms with Crippen molar-refractivity contribution in [2.75, 3.05) is 5.32 Å². The summed E-state index contributed by atoms with van der Waals surface area (Å²) in [4.78, 5) is 5.19. The summed E-state index contributed by atoms with van der Waals surface area (Å²) in [6.45, 7) is 0. The number of halogens is 1. The fourth-order valence-corrected chi connectivity index (χ4v) is 3.28. The van der Waals surface area contributed by atoms with E-state index in [0.717, 1.165) is 25.4 Å². The van der Waals surface area contributed by atoms with Crippen molar-refractivity contribution in [3.05, 3.63) is 58.6 Å². The second-order valence-corrected chi connectivity index (χ2v) is 6.31. The monoisotopic (exact) mass is 348 g/mol. The minimum absolute atomic E-state index is 0.681. The Bertz CT molecular complexity index is 719. The lowest BCUT2D eigenvalue weighted by Crippen LogP contribution is -2.09. The van der Waals surface area contributed by atoms with Crippen LogP contribution in [0, 0.1) is 0 Å². The lowest BCUT2D eigenvalue weighted by Gasteiger charge is -2.04. The van der Waals surface area contributed by atoms with Gasteiger partial charge in [-0.25, -0.2) is 4.98 Å². The average Bonchev–Trinajstić information content (AvgIpc) is 2.80. The molecule has 0 aliphatic carbocycles. The Morgan fingerprint density at radius 2 is 2.00 bits per heavy atom. The Kier molecular flexibility index (Phi) is 3.59. The van der Waals surface area contributed by atoms with Gasteiger partial charge in [0.25, 0.3) is 0 Å². The number of nitrogens with one attached hydrogen (secondary N) is 1. The molecule has 0 fully saturated rings. The number of nitrogens with zero attached hydrogens (tertiary/aromatic N) is 1. The molecule has 19 heavy (non-hydrogen) atoms. The predicted octanol–water partition coefficient (Wildman–Crippen LogP) is 4.85. The second-order valence-electron chi connectivity index (χ2n) is 3.95. The molecule has 2 aromatic carbocycles. The minimum Gasteiger partial charge on any atom is -0.322 e. The van der Waals surface area contributed by atoms with E-state index >= 15 is 0 Å². The van der Waals surface area contributed by atoms with Crippen molar-refractivity contribution in [2.45, 2.75) is 0 Å². The van der Waals surface area contributed by atoms with Crippen molar-refractivity contribution < 1.29 is 0 Å². The largest absolute Gasteiger partial charge is 0.322 e. The maximum atomic E-state index is 5.40. The summed E-state index contributed by atoms with van der Waals surface area (Å²) in [5, 5.41) is 4.02. The van der Waals surface area contributed by atoms with Gasteiger partial charge in [-0.2, -0.15) is 0 Å². The van der Waals surface area contributed by atoms with Crippen LogP contribution in [0.1, 0.15) is 5.56 Å². The fourth-order valence-electron chi connectivity index (χ4n) is 1.72. The van der Waals surface area contributed by atoms with Crippen LogP contribution in [-0.4, -0.2) is 9.97 Å². The van der Waals surface area contributed by atoms with Crippen LogP contribution in [0.5, 0.6) is 0 Å². The van der Waals surface area contributed by atoms with Gasteiger partial charge < -0.3 is 5.32 Å². The van der Waals surface area contributed by atoms with E-state index in [1.54, 1.807) is 11.3 Å². The molecule has 0 spiro atoms. The van der Waals surface area contributed by atoms with E-state index in [0.29, 0.717) is 4.99 Å². The zero-order valence-corrected chi connectivity index (χ0v) is 13.0. The molecule has 0 aliphatic rings. The van der Waals surface area contributed by atoms with Crippen molar-refractivity contribution in [1.29, 1.82) is 0 Å². The van der Waals surface area contributed by atoms with Gasteiger partial charge in [0.2, 0.25) is 0 Å². The van der Waals surface area contributed by atoms with Crippen LogP contribution < -0.4 is 5.32 Å². The molecule has 1 heterocycles. The number of thiazole rings is 1. The third-order valence-electron chi connectivity index (χ3n) is 2.60. The molecular formula is C14H9BrN2S2. The molecule has 0 radical (unpaired) electrons. The van der Waals surface area contributed by atoms with Gasteiger partial charge in [-0.15, -0.1) is 0 Å². The first-order valence-electron chi connectivity index (χ1n) is 5.65. The Hall–Kier alpha value is -1.30. The van der Waals surface area contributed by atoms with Gasteiger partial charge in [0.1, 0.15) is 4.99 Å². The molecule has 0 saturated carbocycles. The molecule has 1 aromatic heterocycles. The zero-order valence-electron chi connectivity index (χ0n) is 9.76. The van der Waals surface area contributed by atoms with Gasteiger partial charge in [-0.1, -0.05) is 63.8 Å². The Morgan fingerprint density at radius 3 is 2.79 bits per heavy atom. The van der Waals surface area contributed by atoms with E-state index in [9.17, 15) is 0 Å². The number of rotatable bonds is 2. The molecule has 1 N–H and O–H groups in total. The maximum Gasteiger partial charge on any atom is 0.188 e. The molecule has 2 nitrogen and oxygen atoms in total. The smallest absolute Gasteiger partial charge is 0.188 e. The van der Waals surface area contributed by atoms with E-state index in [1.807, 2.05) is 42.5 Å². The van der Waals surface area contributed by atoms with Crippen LogP contribution in [0.25, 0.3) is 10.2 Å². The van der Waals surface area contributed by atoms with Crippen LogP contribution >= 0.6 is 39.5 Å². The third-order valence-corrected chi connectivity index (χ3v) is 4.38. The van der Waals surface area contributed by atoms with E-state index in [2.05, 4.69) is 32.3 Å². The van der Waals surface area contributed by atoms with Crippen molar-refractivity contribution >= 4 is 59.8 Å². The quantitative estimate of drug-likeness (QED) is 0.670. The van der Waals surface area contributed by atoms with Crippen LogP contribution in [-0.2, 0) is 0 Å². The van der Waals surface area contributed by atoms with Crippen molar-refractivity contribution in [2.24, 2.45) is 0 Å². The Balaban J connectivity index is 1.86. The van der Waals surface area contributed by atoms with Gasteiger partial charge in [0.15, 0.2) is 5.13 Å².